The average Bonchev–Trinajstić information content (AvgIpc) is 2.93. The topological polar surface area (TPSA) is 45.6 Å². The van der Waals surface area contributed by atoms with Crippen LogP contribution in [0.3, 0.4) is 0 Å². The normalized spacial score (nSPS) is 16.8. The molecule has 30 heavy (non-hydrogen) atoms. The summed E-state index contributed by atoms with van der Waals surface area (Å²) < 4.78 is 28.3. The monoisotopic (exact) mass is 445 g/mol. The van der Waals surface area contributed by atoms with Crippen LogP contribution < -0.4 is 0 Å². The molecule has 3 aromatic rings. The van der Waals surface area contributed by atoms with Gasteiger partial charge >= 0.3 is 0 Å². The van der Waals surface area contributed by atoms with Crippen LogP contribution >= 0.6 is 11.6 Å². The number of fused-ring (bicyclic) bond motifs is 1. The molecule has 160 valence electrons. The number of rotatable bonds is 5. The SMILES string of the molecule is CCN1CCCN(Cc2cc(S(=O)(=O)n3cc(C)c4ccccc43)ccc2Cl)CC1. The van der Waals surface area contributed by atoms with Gasteiger partial charge in [-0.05, 0) is 68.4 Å². The van der Waals surface area contributed by atoms with Gasteiger partial charge in [-0.1, -0.05) is 36.7 Å². The molecule has 0 saturated carbocycles. The zero-order chi connectivity index (χ0) is 21.3. The Morgan fingerprint density at radius 3 is 2.53 bits per heavy atom. The molecule has 5 nitrogen and oxygen atoms in total. The first-order valence-corrected chi connectivity index (χ1v) is 12.3. The molecular weight excluding hydrogens is 418 g/mol. The maximum atomic E-state index is 13.5. The Morgan fingerprint density at radius 1 is 1.00 bits per heavy atom. The molecule has 0 unspecified atom stereocenters. The molecule has 4 rings (SSSR count). The fourth-order valence-electron chi connectivity index (χ4n) is 4.20. The van der Waals surface area contributed by atoms with Crippen molar-refractivity contribution in [3.8, 4) is 0 Å². The second-order valence-corrected chi connectivity index (χ2v) is 10.2. The fraction of sp³-hybridized carbons (Fsp3) is 0.391. The highest BCUT2D eigenvalue weighted by Gasteiger charge is 2.22. The van der Waals surface area contributed by atoms with Crippen molar-refractivity contribution in [2.45, 2.75) is 31.7 Å². The van der Waals surface area contributed by atoms with Gasteiger partial charge in [0.2, 0.25) is 0 Å². The van der Waals surface area contributed by atoms with Crippen LogP contribution in [-0.2, 0) is 16.6 Å². The summed E-state index contributed by atoms with van der Waals surface area (Å²) in [5.74, 6) is 0. The van der Waals surface area contributed by atoms with Crippen molar-refractivity contribution in [3.63, 3.8) is 0 Å². The second kappa shape index (κ2) is 8.71. The van der Waals surface area contributed by atoms with Gasteiger partial charge in [0.1, 0.15) is 0 Å². The number of hydrogen-bond donors (Lipinski definition) is 0. The van der Waals surface area contributed by atoms with Crippen LogP contribution in [0.5, 0.6) is 0 Å². The quantitative estimate of drug-likeness (QED) is 0.585. The van der Waals surface area contributed by atoms with Gasteiger partial charge in [-0.3, -0.25) is 4.90 Å². The Balaban J connectivity index is 1.65. The zero-order valence-electron chi connectivity index (χ0n) is 17.5. The number of nitrogens with zero attached hydrogens (tertiary/aromatic N) is 3. The Bertz CT molecular complexity index is 1160. The number of likely N-dealkylation sites (N-methyl/N-ethyl adjacent to an activating group) is 1. The molecule has 0 spiro atoms. The van der Waals surface area contributed by atoms with Gasteiger partial charge in [0.05, 0.1) is 10.4 Å². The molecule has 1 saturated heterocycles. The summed E-state index contributed by atoms with van der Waals surface area (Å²) in [4.78, 5) is 5.08. The van der Waals surface area contributed by atoms with Gasteiger partial charge in [-0.2, -0.15) is 0 Å². The van der Waals surface area contributed by atoms with Crippen LogP contribution in [0.4, 0.5) is 0 Å². The minimum atomic E-state index is -3.71. The minimum Gasteiger partial charge on any atom is -0.302 e. The first kappa shape index (κ1) is 21.4. The molecule has 7 heteroatoms. The van der Waals surface area contributed by atoms with E-state index in [2.05, 4.69) is 16.7 Å². The second-order valence-electron chi connectivity index (χ2n) is 7.95. The summed E-state index contributed by atoms with van der Waals surface area (Å²) in [5.41, 5.74) is 2.49. The van der Waals surface area contributed by atoms with Crippen molar-refractivity contribution in [1.82, 2.24) is 13.8 Å². The molecule has 1 aromatic heterocycles. The van der Waals surface area contributed by atoms with Crippen LogP contribution in [0.25, 0.3) is 10.9 Å². The van der Waals surface area contributed by atoms with E-state index >= 15 is 0 Å². The molecule has 0 N–H and O–H groups in total. The first-order valence-electron chi connectivity index (χ1n) is 10.5. The summed E-state index contributed by atoms with van der Waals surface area (Å²) >= 11 is 6.47. The van der Waals surface area contributed by atoms with Crippen molar-refractivity contribution >= 4 is 32.5 Å². The van der Waals surface area contributed by atoms with Crippen molar-refractivity contribution in [1.29, 1.82) is 0 Å². The standard InChI is InChI=1S/C23H28ClN3O2S/c1-3-25-11-6-12-26(14-13-25)17-19-15-20(9-10-22(19)24)30(28,29)27-16-18(2)21-7-4-5-8-23(21)27/h4-5,7-10,15-16H,3,6,11-14,17H2,1-2H3. The summed E-state index contributed by atoms with van der Waals surface area (Å²) in [6, 6.07) is 12.6. The molecule has 0 bridgehead atoms. The highest BCUT2D eigenvalue weighted by Crippen LogP contribution is 2.28. The summed E-state index contributed by atoms with van der Waals surface area (Å²) in [6.45, 7) is 9.93. The van der Waals surface area contributed by atoms with E-state index < -0.39 is 10.0 Å². The Kier molecular flexibility index (Phi) is 6.21. The number of aromatic nitrogens is 1. The van der Waals surface area contributed by atoms with Crippen LogP contribution in [-0.4, -0.2) is 54.9 Å². The van der Waals surface area contributed by atoms with Crippen LogP contribution in [0, 0.1) is 6.92 Å². The van der Waals surface area contributed by atoms with Crippen LogP contribution in [0.15, 0.2) is 53.6 Å². The molecule has 1 aliphatic heterocycles. The largest absolute Gasteiger partial charge is 0.302 e. The summed E-state index contributed by atoms with van der Waals surface area (Å²) in [5, 5.41) is 1.55. The highest BCUT2D eigenvalue weighted by atomic mass is 35.5. The van der Waals surface area contributed by atoms with Gasteiger partial charge in [0.15, 0.2) is 0 Å². The molecule has 0 amide bonds. The molecule has 0 atom stereocenters. The lowest BCUT2D eigenvalue weighted by Gasteiger charge is -2.22. The lowest BCUT2D eigenvalue weighted by atomic mass is 10.2. The predicted molar refractivity (Wildman–Crippen MR) is 123 cm³/mol. The van der Waals surface area contributed by atoms with Crippen LogP contribution in [0.1, 0.15) is 24.5 Å². The summed E-state index contributed by atoms with van der Waals surface area (Å²) in [7, 11) is -3.71. The molecule has 1 aliphatic rings. The molecule has 0 radical (unpaired) electrons. The molecule has 2 heterocycles. The van der Waals surface area contributed by atoms with Crippen molar-refractivity contribution < 1.29 is 8.42 Å². The molecule has 1 fully saturated rings. The van der Waals surface area contributed by atoms with E-state index in [1.807, 2.05) is 31.2 Å². The van der Waals surface area contributed by atoms with Crippen molar-refractivity contribution in [2.24, 2.45) is 0 Å². The van der Waals surface area contributed by atoms with E-state index in [-0.39, 0.29) is 4.90 Å². The number of halogens is 1. The Hall–Kier alpha value is -1.86. The lowest BCUT2D eigenvalue weighted by Crippen LogP contribution is -2.30. The first-order chi connectivity index (χ1) is 14.4. The third-order valence-corrected chi connectivity index (χ3v) is 8.01. The number of benzene rings is 2. The van der Waals surface area contributed by atoms with Gasteiger partial charge in [0, 0.05) is 36.2 Å². The maximum Gasteiger partial charge on any atom is 0.268 e. The number of aryl methyl sites for hydroxylation is 1. The molecule has 0 aliphatic carbocycles. The molecular formula is C23H28ClN3O2S. The smallest absolute Gasteiger partial charge is 0.268 e. The fourth-order valence-corrected chi connectivity index (χ4v) is 5.85. The van der Waals surface area contributed by atoms with Gasteiger partial charge < -0.3 is 4.90 Å². The number of hydrogen-bond acceptors (Lipinski definition) is 4. The van der Waals surface area contributed by atoms with Gasteiger partial charge in [0.25, 0.3) is 10.0 Å². The van der Waals surface area contributed by atoms with E-state index in [0.29, 0.717) is 17.1 Å². The van der Waals surface area contributed by atoms with Gasteiger partial charge in [-0.25, -0.2) is 12.4 Å². The predicted octanol–water partition coefficient (Wildman–Crippen LogP) is 4.37. The minimum absolute atomic E-state index is 0.271. The third-order valence-electron chi connectivity index (χ3n) is 5.97. The Labute approximate surface area is 183 Å². The third kappa shape index (κ3) is 4.14. The van der Waals surface area contributed by atoms with E-state index in [4.69, 9.17) is 11.6 Å². The van der Waals surface area contributed by atoms with E-state index in [1.165, 1.54) is 3.97 Å². The van der Waals surface area contributed by atoms with E-state index in [0.717, 1.165) is 55.7 Å². The average molecular weight is 446 g/mol. The maximum absolute atomic E-state index is 13.5. The highest BCUT2D eigenvalue weighted by molar-refractivity contribution is 7.90. The lowest BCUT2D eigenvalue weighted by molar-refractivity contribution is 0.257. The van der Waals surface area contributed by atoms with Gasteiger partial charge in [-0.15, -0.1) is 0 Å². The van der Waals surface area contributed by atoms with Crippen molar-refractivity contribution in [2.75, 3.05) is 32.7 Å². The zero-order valence-corrected chi connectivity index (χ0v) is 19.1. The van der Waals surface area contributed by atoms with E-state index in [1.54, 1.807) is 24.4 Å². The summed E-state index contributed by atoms with van der Waals surface area (Å²) in [6.07, 6.45) is 2.81. The van der Waals surface area contributed by atoms with Crippen molar-refractivity contribution in [3.05, 3.63) is 64.8 Å². The molecule has 2 aromatic carbocycles. The van der Waals surface area contributed by atoms with Crippen LogP contribution in [0.2, 0.25) is 5.02 Å². The van der Waals surface area contributed by atoms with E-state index in [9.17, 15) is 8.42 Å². The Morgan fingerprint density at radius 2 is 1.73 bits per heavy atom. The number of para-hydroxylation sites is 1.